The fourth-order valence-corrected chi connectivity index (χ4v) is 3.90. The van der Waals surface area contributed by atoms with Crippen LogP contribution < -0.4 is 5.73 Å². The van der Waals surface area contributed by atoms with E-state index in [2.05, 4.69) is 0 Å². The number of nitrogens with two attached hydrogens (primary N) is 1. The summed E-state index contributed by atoms with van der Waals surface area (Å²) in [6, 6.07) is 4.64. The lowest BCUT2D eigenvalue weighted by Crippen LogP contribution is -2.12. The van der Waals surface area contributed by atoms with Crippen molar-refractivity contribution >= 4 is 37.9 Å². The maximum absolute atomic E-state index is 11.8. The summed E-state index contributed by atoms with van der Waals surface area (Å²) in [7, 11) is -4.56. The second-order valence-electron chi connectivity index (χ2n) is 3.36. The van der Waals surface area contributed by atoms with Gasteiger partial charge in [-0.3, -0.25) is 4.21 Å². The maximum Gasteiger partial charge on any atom is 0.148 e. The first-order chi connectivity index (χ1) is 7.29. The smallest absolute Gasteiger partial charge is 0.148 e. The number of rotatable bonds is 4. The van der Waals surface area contributed by atoms with Crippen LogP contribution in [0.3, 0.4) is 0 Å². The van der Waals surface area contributed by atoms with Crippen LogP contribution in [-0.2, 0) is 20.6 Å². The fraction of sp³-hybridized carbons (Fsp3) is 0.333. The maximum atomic E-state index is 11.8. The van der Waals surface area contributed by atoms with Gasteiger partial charge in [0.05, 0.1) is 21.4 Å². The lowest BCUT2D eigenvalue weighted by atomic mass is 10.3. The third-order valence-electron chi connectivity index (χ3n) is 1.86. The first kappa shape index (κ1) is 13.5. The van der Waals surface area contributed by atoms with Gasteiger partial charge in [-0.15, -0.1) is 0 Å². The van der Waals surface area contributed by atoms with E-state index in [1.54, 1.807) is 12.1 Å². The minimum Gasteiger partial charge on any atom is -0.398 e. The molecular formula is C9H12ClNO3S2. The van der Waals surface area contributed by atoms with E-state index < -0.39 is 20.6 Å². The van der Waals surface area contributed by atoms with Gasteiger partial charge < -0.3 is 5.73 Å². The Morgan fingerprint density at radius 3 is 2.62 bits per heavy atom. The minimum atomic E-state index is -3.12. The third kappa shape index (κ3) is 4.11. The standard InChI is InChI=1S/C9H12ClNO3S2/c1-16(13,14)5-4-15(12)9-6-7(10)2-3-8(9)11/h2-3,6H,4-5,11H2,1H3. The zero-order valence-electron chi connectivity index (χ0n) is 8.64. The highest BCUT2D eigenvalue weighted by molar-refractivity contribution is 7.92. The lowest BCUT2D eigenvalue weighted by Gasteiger charge is -2.05. The van der Waals surface area contributed by atoms with Crippen LogP contribution in [0.2, 0.25) is 5.02 Å². The van der Waals surface area contributed by atoms with Gasteiger partial charge in [0.15, 0.2) is 0 Å². The molecule has 0 aromatic heterocycles. The second-order valence-corrected chi connectivity index (χ2v) is 7.60. The quantitative estimate of drug-likeness (QED) is 0.838. The van der Waals surface area contributed by atoms with Gasteiger partial charge in [-0.05, 0) is 18.2 Å². The summed E-state index contributed by atoms with van der Waals surface area (Å²) in [5.41, 5.74) is 5.99. The number of nitrogen functional groups attached to an aromatic ring is 1. The van der Waals surface area contributed by atoms with E-state index in [1.165, 1.54) is 6.07 Å². The average molecular weight is 282 g/mol. The first-order valence-electron chi connectivity index (χ1n) is 4.41. The molecule has 7 heteroatoms. The van der Waals surface area contributed by atoms with Gasteiger partial charge in [-0.25, -0.2) is 8.42 Å². The molecule has 0 saturated heterocycles. The van der Waals surface area contributed by atoms with Crippen LogP contribution in [0.5, 0.6) is 0 Å². The fourth-order valence-electron chi connectivity index (χ4n) is 1.04. The van der Waals surface area contributed by atoms with Crippen LogP contribution in [0, 0.1) is 0 Å². The topological polar surface area (TPSA) is 77.2 Å². The lowest BCUT2D eigenvalue weighted by molar-refractivity contribution is 0.602. The number of sulfone groups is 1. The summed E-state index contributed by atoms with van der Waals surface area (Å²) in [4.78, 5) is 0.385. The molecule has 16 heavy (non-hydrogen) atoms. The van der Waals surface area contributed by atoms with Gasteiger partial charge >= 0.3 is 0 Å². The van der Waals surface area contributed by atoms with Gasteiger partial charge in [-0.1, -0.05) is 11.6 Å². The van der Waals surface area contributed by atoms with Crippen molar-refractivity contribution in [1.29, 1.82) is 0 Å². The highest BCUT2D eigenvalue weighted by Crippen LogP contribution is 2.21. The summed E-state index contributed by atoms with van der Waals surface area (Å²) >= 11 is 5.74. The molecule has 0 aliphatic heterocycles. The van der Waals surface area contributed by atoms with E-state index in [0.717, 1.165) is 6.26 Å². The molecule has 0 heterocycles. The van der Waals surface area contributed by atoms with Crippen LogP contribution in [-0.4, -0.2) is 30.4 Å². The molecule has 2 N–H and O–H groups in total. The van der Waals surface area contributed by atoms with Crippen molar-refractivity contribution in [2.45, 2.75) is 4.90 Å². The summed E-state index contributed by atoms with van der Waals surface area (Å²) in [5.74, 6) is -0.102. The number of anilines is 1. The predicted molar refractivity (Wildman–Crippen MR) is 66.9 cm³/mol. The minimum absolute atomic E-state index is 0.0311. The number of hydrogen-bond donors (Lipinski definition) is 1. The summed E-state index contributed by atoms with van der Waals surface area (Å²) in [6.07, 6.45) is 1.10. The number of benzene rings is 1. The van der Waals surface area contributed by atoms with Crippen LogP contribution in [0.15, 0.2) is 23.1 Å². The molecule has 1 aromatic carbocycles. The van der Waals surface area contributed by atoms with Crippen molar-refractivity contribution in [3.63, 3.8) is 0 Å². The van der Waals surface area contributed by atoms with Gasteiger partial charge in [0, 0.05) is 22.7 Å². The highest BCUT2D eigenvalue weighted by atomic mass is 35.5. The monoisotopic (exact) mass is 281 g/mol. The van der Waals surface area contributed by atoms with E-state index >= 15 is 0 Å². The number of hydrogen-bond acceptors (Lipinski definition) is 4. The van der Waals surface area contributed by atoms with E-state index in [0.29, 0.717) is 15.6 Å². The van der Waals surface area contributed by atoms with Crippen LogP contribution in [0.4, 0.5) is 5.69 Å². The molecule has 1 aromatic rings. The molecule has 0 saturated carbocycles. The summed E-state index contributed by atoms with van der Waals surface area (Å²) in [6.45, 7) is 0. The van der Waals surface area contributed by atoms with Crippen LogP contribution in [0.1, 0.15) is 0 Å². The predicted octanol–water partition coefficient (Wildman–Crippen LogP) is 1.07. The van der Waals surface area contributed by atoms with Crippen molar-refractivity contribution < 1.29 is 12.6 Å². The highest BCUT2D eigenvalue weighted by Gasteiger charge is 2.11. The van der Waals surface area contributed by atoms with Crippen molar-refractivity contribution in [3.8, 4) is 0 Å². The Hall–Kier alpha value is -0.590. The van der Waals surface area contributed by atoms with Gasteiger partial charge in [0.1, 0.15) is 9.84 Å². The van der Waals surface area contributed by atoms with E-state index in [4.69, 9.17) is 17.3 Å². The normalized spacial score (nSPS) is 13.6. The Balaban J connectivity index is 2.85. The molecule has 4 nitrogen and oxygen atoms in total. The van der Waals surface area contributed by atoms with Crippen molar-refractivity contribution in [2.24, 2.45) is 0 Å². The Kier molecular flexibility index (Phi) is 4.35. The summed E-state index contributed by atoms with van der Waals surface area (Å²) in [5, 5.41) is 0.428. The van der Waals surface area contributed by atoms with Crippen molar-refractivity contribution in [2.75, 3.05) is 23.5 Å². The Morgan fingerprint density at radius 1 is 1.44 bits per heavy atom. The van der Waals surface area contributed by atoms with Crippen LogP contribution in [0.25, 0.3) is 0 Å². The molecular weight excluding hydrogens is 270 g/mol. The van der Waals surface area contributed by atoms with Gasteiger partial charge in [0.25, 0.3) is 0 Å². The second kappa shape index (κ2) is 5.16. The average Bonchev–Trinajstić information content (AvgIpc) is 2.17. The summed E-state index contributed by atoms with van der Waals surface area (Å²) < 4.78 is 33.6. The van der Waals surface area contributed by atoms with Gasteiger partial charge in [0.2, 0.25) is 0 Å². The molecule has 0 spiro atoms. The van der Waals surface area contributed by atoms with Crippen LogP contribution >= 0.6 is 11.6 Å². The molecule has 1 rings (SSSR count). The molecule has 0 fully saturated rings. The molecule has 0 radical (unpaired) electrons. The largest absolute Gasteiger partial charge is 0.398 e. The molecule has 1 atom stereocenters. The van der Waals surface area contributed by atoms with Crippen molar-refractivity contribution in [3.05, 3.63) is 23.2 Å². The zero-order valence-corrected chi connectivity index (χ0v) is 11.0. The van der Waals surface area contributed by atoms with E-state index in [9.17, 15) is 12.6 Å². The first-order valence-corrected chi connectivity index (χ1v) is 8.16. The van der Waals surface area contributed by atoms with E-state index in [-0.39, 0.29) is 11.5 Å². The zero-order chi connectivity index (χ0) is 12.3. The Morgan fingerprint density at radius 2 is 2.06 bits per heavy atom. The molecule has 90 valence electrons. The van der Waals surface area contributed by atoms with E-state index in [1.807, 2.05) is 0 Å². The Labute approximate surface area is 102 Å². The molecule has 1 unspecified atom stereocenters. The SMILES string of the molecule is CS(=O)(=O)CCS(=O)c1cc(Cl)ccc1N. The molecule has 0 bridgehead atoms. The molecule has 0 amide bonds. The number of halogens is 1. The molecule has 0 aliphatic carbocycles. The third-order valence-corrected chi connectivity index (χ3v) is 4.72. The Bertz CT molecular complexity index is 513. The van der Waals surface area contributed by atoms with Crippen molar-refractivity contribution in [1.82, 2.24) is 0 Å². The molecule has 0 aliphatic rings. The van der Waals surface area contributed by atoms with Gasteiger partial charge in [-0.2, -0.15) is 0 Å².